The summed E-state index contributed by atoms with van der Waals surface area (Å²) in [6.45, 7) is 2.20. The average molecular weight is 359 g/mol. The molecule has 2 heterocycles. The molecule has 1 aliphatic heterocycles. The van der Waals surface area contributed by atoms with Crippen molar-refractivity contribution in [2.75, 3.05) is 19.6 Å². The van der Waals surface area contributed by atoms with E-state index in [1.165, 1.54) is 30.1 Å². The third kappa shape index (κ3) is 4.60. The Balaban J connectivity index is 0.00000132. The summed E-state index contributed by atoms with van der Waals surface area (Å²) in [5, 5.41) is 6.03. The number of carbonyl (C=O) groups excluding carboxylic acids is 1. The molecule has 1 aliphatic rings. The molecule has 0 spiro atoms. The van der Waals surface area contributed by atoms with Crippen molar-refractivity contribution < 1.29 is 9.18 Å². The number of aromatic nitrogens is 2. The Hall–Kier alpha value is -1.76. The molecule has 1 amide bonds. The normalized spacial score (nSPS) is 13.5. The number of rotatable bonds is 3. The Labute approximate surface area is 145 Å². The lowest BCUT2D eigenvalue weighted by molar-refractivity contribution is 0.0957. The zero-order valence-electron chi connectivity index (χ0n) is 12.2. The number of hydrogen-bond acceptors (Lipinski definition) is 4. The molecule has 8 heteroatoms. The zero-order chi connectivity index (χ0) is 14.7. The Morgan fingerprint density at radius 3 is 2.78 bits per heavy atom. The van der Waals surface area contributed by atoms with Gasteiger partial charge in [0.25, 0.3) is 5.91 Å². The Morgan fingerprint density at radius 2 is 2.04 bits per heavy atom. The Morgan fingerprint density at radius 1 is 1.26 bits per heavy atom. The van der Waals surface area contributed by atoms with Crippen LogP contribution in [0.1, 0.15) is 16.8 Å². The van der Waals surface area contributed by atoms with E-state index in [0.29, 0.717) is 17.6 Å². The van der Waals surface area contributed by atoms with Crippen LogP contribution in [0.25, 0.3) is 11.0 Å². The van der Waals surface area contributed by atoms with Gasteiger partial charge in [0.15, 0.2) is 0 Å². The topological polar surface area (TPSA) is 66.9 Å². The van der Waals surface area contributed by atoms with Crippen LogP contribution in [0.3, 0.4) is 0 Å². The van der Waals surface area contributed by atoms with Crippen molar-refractivity contribution in [2.45, 2.75) is 6.42 Å². The summed E-state index contributed by atoms with van der Waals surface area (Å²) < 4.78 is 13.6. The molecule has 0 aliphatic carbocycles. The maximum atomic E-state index is 13.6. The summed E-state index contributed by atoms with van der Waals surface area (Å²) in [4.78, 5) is 20.4. The Kier molecular flexibility index (Phi) is 7.35. The van der Waals surface area contributed by atoms with Crippen LogP contribution >= 0.6 is 24.8 Å². The minimum atomic E-state index is -0.491. The van der Waals surface area contributed by atoms with E-state index >= 15 is 0 Å². The van der Waals surface area contributed by atoms with Crippen molar-refractivity contribution in [3.8, 4) is 0 Å². The van der Waals surface area contributed by atoms with Gasteiger partial charge in [-0.2, -0.15) is 0 Å². The summed E-state index contributed by atoms with van der Waals surface area (Å²) >= 11 is 0. The fourth-order valence-electron chi connectivity index (χ4n) is 2.33. The second-order valence-electron chi connectivity index (χ2n) is 4.88. The first-order valence-electron chi connectivity index (χ1n) is 6.81. The molecular weight excluding hydrogens is 342 g/mol. The summed E-state index contributed by atoms with van der Waals surface area (Å²) in [7, 11) is 0. The summed E-state index contributed by atoms with van der Waals surface area (Å²) in [6, 6.07) is 2.47. The Bertz CT molecular complexity index is 724. The van der Waals surface area contributed by atoms with Crippen LogP contribution in [-0.2, 0) is 0 Å². The van der Waals surface area contributed by atoms with Crippen LogP contribution < -0.4 is 10.6 Å². The largest absolute Gasteiger partial charge is 0.348 e. The van der Waals surface area contributed by atoms with E-state index in [1.54, 1.807) is 0 Å². The second-order valence-corrected chi connectivity index (χ2v) is 4.88. The molecule has 3 rings (SSSR count). The van der Waals surface area contributed by atoms with Gasteiger partial charge in [-0.25, -0.2) is 4.39 Å². The van der Waals surface area contributed by atoms with Crippen molar-refractivity contribution >= 4 is 41.8 Å². The predicted molar refractivity (Wildman–Crippen MR) is 91.9 cm³/mol. The lowest BCUT2D eigenvalue weighted by Gasteiger charge is -2.14. The van der Waals surface area contributed by atoms with E-state index in [-0.39, 0.29) is 36.3 Å². The van der Waals surface area contributed by atoms with E-state index in [2.05, 4.69) is 26.7 Å². The molecule has 0 bridgehead atoms. The summed E-state index contributed by atoms with van der Waals surface area (Å²) in [5.41, 5.74) is 2.18. The highest BCUT2D eigenvalue weighted by Crippen LogP contribution is 2.16. The molecule has 2 aromatic rings. The van der Waals surface area contributed by atoms with E-state index in [1.807, 2.05) is 0 Å². The molecular formula is C15H17Cl2FN4O. The van der Waals surface area contributed by atoms with Gasteiger partial charge in [-0.05, 0) is 19.0 Å². The molecule has 1 aromatic heterocycles. The number of carbonyl (C=O) groups is 1. The molecule has 124 valence electrons. The maximum absolute atomic E-state index is 13.6. The van der Waals surface area contributed by atoms with Crippen LogP contribution in [-0.4, -0.2) is 35.5 Å². The van der Waals surface area contributed by atoms with E-state index in [0.717, 1.165) is 19.5 Å². The first-order chi connectivity index (χ1) is 10.2. The zero-order valence-corrected chi connectivity index (χ0v) is 13.8. The number of amides is 1. The molecule has 0 saturated heterocycles. The standard InChI is InChI=1S/C15H15FN4O.2ClH/c16-11-7-12(14-13(8-11)18-5-6-19-14)15(21)20-9-10-1-3-17-4-2-10;;/h1,5-8,17H,2-4,9H2,(H,20,21);2*1H. The van der Waals surface area contributed by atoms with Crippen LogP contribution in [0.5, 0.6) is 0 Å². The van der Waals surface area contributed by atoms with Crippen LogP contribution in [0.15, 0.2) is 36.2 Å². The fraction of sp³-hybridized carbons (Fsp3) is 0.267. The van der Waals surface area contributed by atoms with Crippen LogP contribution in [0, 0.1) is 5.82 Å². The summed E-state index contributed by atoms with van der Waals surface area (Å²) in [6.07, 6.45) is 5.94. The summed E-state index contributed by atoms with van der Waals surface area (Å²) in [5.74, 6) is -0.825. The SMILES string of the molecule is Cl.Cl.O=C(NCC1=CCNCC1)c1cc(F)cc2nccnc12. The van der Waals surface area contributed by atoms with Crippen LogP contribution in [0.4, 0.5) is 4.39 Å². The minimum Gasteiger partial charge on any atom is -0.348 e. The molecule has 5 nitrogen and oxygen atoms in total. The molecule has 0 atom stereocenters. The van der Waals surface area contributed by atoms with Gasteiger partial charge < -0.3 is 10.6 Å². The van der Waals surface area contributed by atoms with E-state index in [4.69, 9.17) is 0 Å². The number of fused-ring (bicyclic) bond motifs is 1. The number of halogens is 3. The number of nitrogens with one attached hydrogen (secondary N) is 2. The number of nitrogens with zero attached hydrogens (tertiary/aromatic N) is 2. The molecule has 0 fully saturated rings. The van der Waals surface area contributed by atoms with Gasteiger partial charge in [0.05, 0.1) is 11.1 Å². The first-order valence-corrected chi connectivity index (χ1v) is 6.81. The fourth-order valence-corrected chi connectivity index (χ4v) is 2.33. The lowest BCUT2D eigenvalue weighted by atomic mass is 10.1. The predicted octanol–water partition coefficient (Wildman–Crippen LogP) is 2.26. The van der Waals surface area contributed by atoms with Crippen molar-refractivity contribution in [3.05, 3.63) is 47.6 Å². The smallest absolute Gasteiger partial charge is 0.253 e. The highest BCUT2D eigenvalue weighted by atomic mass is 35.5. The molecule has 0 radical (unpaired) electrons. The third-order valence-corrected chi connectivity index (χ3v) is 3.42. The van der Waals surface area contributed by atoms with Gasteiger partial charge in [0.2, 0.25) is 0 Å². The molecule has 1 aromatic carbocycles. The first kappa shape index (κ1) is 19.3. The van der Waals surface area contributed by atoms with Crippen molar-refractivity contribution in [1.82, 2.24) is 20.6 Å². The highest BCUT2D eigenvalue weighted by Gasteiger charge is 2.14. The molecule has 2 N–H and O–H groups in total. The second kappa shape index (κ2) is 8.76. The van der Waals surface area contributed by atoms with Gasteiger partial charge in [-0.15, -0.1) is 24.8 Å². The van der Waals surface area contributed by atoms with Gasteiger partial charge in [0, 0.05) is 31.5 Å². The molecule has 23 heavy (non-hydrogen) atoms. The molecule has 0 saturated carbocycles. The number of hydrogen-bond donors (Lipinski definition) is 2. The highest BCUT2D eigenvalue weighted by molar-refractivity contribution is 6.04. The van der Waals surface area contributed by atoms with Gasteiger partial charge in [-0.1, -0.05) is 11.6 Å². The van der Waals surface area contributed by atoms with Gasteiger partial charge in [-0.3, -0.25) is 14.8 Å². The van der Waals surface area contributed by atoms with E-state index < -0.39 is 5.82 Å². The molecule has 0 unspecified atom stereocenters. The monoisotopic (exact) mass is 358 g/mol. The quantitative estimate of drug-likeness (QED) is 0.825. The minimum absolute atomic E-state index is 0. The van der Waals surface area contributed by atoms with Crippen molar-refractivity contribution in [2.24, 2.45) is 0 Å². The lowest BCUT2D eigenvalue weighted by Crippen LogP contribution is -2.29. The maximum Gasteiger partial charge on any atom is 0.253 e. The average Bonchev–Trinajstić information content (AvgIpc) is 2.52. The third-order valence-electron chi connectivity index (χ3n) is 3.42. The van der Waals surface area contributed by atoms with Crippen molar-refractivity contribution in [1.29, 1.82) is 0 Å². The van der Waals surface area contributed by atoms with Crippen molar-refractivity contribution in [3.63, 3.8) is 0 Å². The number of benzene rings is 1. The van der Waals surface area contributed by atoms with E-state index in [9.17, 15) is 9.18 Å². The van der Waals surface area contributed by atoms with Gasteiger partial charge >= 0.3 is 0 Å². The van der Waals surface area contributed by atoms with Crippen LogP contribution in [0.2, 0.25) is 0 Å². The van der Waals surface area contributed by atoms with Gasteiger partial charge in [0.1, 0.15) is 11.3 Å².